The van der Waals surface area contributed by atoms with Crippen LogP contribution in [0.2, 0.25) is 0 Å². The molecule has 1 aliphatic carbocycles. The Hall–Kier alpha value is -2.75. The highest BCUT2D eigenvalue weighted by Gasteiger charge is 2.44. The zero-order chi connectivity index (χ0) is 29.0. The summed E-state index contributed by atoms with van der Waals surface area (Å²) in [5.74, 6) is -0.384. The lowest BCUT2D eigenvalue weighted by molar-refractivity contribution is -0.142. The number of aryl methyl sites for hydroxylation is 1. The first kappa shape index (κ1) is 28.8. The minimum atomic E-state index is -4.77. The highest BCUT2D eigenvalue weighted by atomic mass is 19.4. The summed E-state index contributed by atoms with van der Waals surface area (Å²) in [5, 5.41) is 9.64. The number of alkyl halides is 6. The van der Waals surface area contributed by atoms with E-state index in [1.54, 1.807) is 11.8 Å². The first-order valence-electron chi connectivity index (χ1n) is 13.8. The molecule has 1 saturated carbocycles. The Bertz CT molecular complexity index is 1260. The Kier molecular flexibility index (Phi) is 7.38. The van der Waals surface area contributed by atoms with E-state index in [1.165, 1.54) is 6.92 Å². The molecule has 1 spiro atoms. The molecular formula is C30H33F6NO3. The fourth-order valence-electron chi connectivity index (χ4n) is 6.52. The predicted molar refractivity (Wildman–Crippen MR) is 136 cm³/mol. The van der Waals surface area contributed by atoms with Gasteiger partial charge in [-0.1, -0.05) is 19.1 Å². The number of hydrogen-bond acceptors (Lipinski definition) is 3. The topological polar surface area (TPSA) is 49.8 Å². The SMILES string of the molecule is CC(C(=O)O)C(c1ccc2c(c1)OC1(CC2)CCN(C(C)c2cc(C(F)(F)F)ccc2C(F)(F)F)CC1)C1CC1. The first-order valence-corrected chi connectivity index (χ1v) is 13.8. The van der Waals surface area contributed by atoms with Crippen molar-refractivity contribution in [3.63, 3.8) is 0 Å². The summed E-state index contributed by atoms with van der Waals surface area (Å²) < 4.78 is 87.7. The Morgan fingerprint density at radius 3 is 2.23 bits per heavy atom. The molecule has 4 nitrogen and oxygen atoms in total. The van der Waals surface area contributed by atoms with Crippen LogP contribution >= 0.6 is 0 Å². The van der Waals surface area contributed by atoms with Gasteiger partial charge in [-0.15, -0.1) is 0 Å². The molecule has 218 valence electrons. The van der Waals surface area contributed by atoms with E-state index in [0.29, 0.717) is 50.0 Å². The van der Waals surface area contributed by atoms with E-state index in [1.807, 2.05) is 18.2 Å². The van der Waals surface area contributed by atoms with Crippen molar-refractivity contribution in [3.8, 4) is 5.75 Å². The molecule has 3 atom stereocenters. The molecule has 2 aliphatic heterocycles. The number of piperidine rings is 1. The highest BCUT2D eigenvalue weighted by Crippen LogP contribution is 2.49. The number of carboxylic acids is 1. The molecule has 0 bridgehead atoms. The van der Waals surface area contributed by atoms with Crippen LogP contribution in [0.3, 0.4) is 0 Å². The Balaban J connectivity index is 1.33. The van der Waals surface area contributed by atoms with Gasteiger partial charge in [0, 0.05) is 19.1 Å². The van der Waals surface area contributed by atoms with Gasteiger partial charge in [0.25, 0.3) is 0 Å². The number of halogens is 6. The molecule has 2 aromatic carbocycles. The molecule has 0 aromatic heterocycles. The van der Waals surface area contributed by atoms with Crippen LogP contribution in [-0.2, 0) is 23.6 Å². The molecule has 1 saturated heterocycles. The molecule has 5 rings (SSSR count). The van der Waals surface area contributed by atoms with Gasteiger partial charge in [-0.3, -0.25) is 9.69 Å². The molecule has 3 unspecified atom stereocenters. The van der Waals surface area contributed by atoms with E-state index in [9.17, 15) is 36.2 Å². The van der Waals surface area contributed by atoms with Crippen molar-refractivity contribution in [2.24, 2.45) is 11.8 Å². The van der Waals surface area contributed by atoms with Crippen LogP contribution in [0.1, 0.15) is 85.7 Å². The Morgan fingerprint density at radius 1 is 0.975 bits per heavy atom. The van der Waals surface area contributed by atoms with E-state index in [4.69, 9.17) is 4.74 Å². The maximum atomic E-state index is 13.7. The van der Waals surface area contributed by atoms with Crippen LogP contribution in [-0.4, -0.2) is 34.7 Å². The van der Waals surface area contributed by atoms with E-state index in [-0.39, 0.29) is 11.5 Å². The fraction of sp³-hybridized carbons (Fsp3) is 0.567. The van der Waals surface area contributed by atoms with Crippen LogP contribution < -0.4 is 4.74 Å². The van der Waals surface area contributed by atoms with Crippen LogP contribution in [0, 0.1) is 11.8 Å². The van der Waals surface area contributed by atoms with E-state index in [2.05, 4.69) is 0 Å². The Morgan fingerprint density at radius 2 is 1.65 bits per heavy atom. The number of carboxylic acid groups (broad SMARTS) is 1. The first-order chi connectivity index (χ1) is 18.7. The fourth-order valence-corrected chi connectivity index (χ4v) is 6.52. The van der Waals surface area contributed by atoms with Crippen molar-refractivity contribution < 1.29 is 41.0 Å². The number of hydrogen-bond donors (Lipinski definition) is 1. The second kappa shape index (κ2) is 10.3. The second-order valence-electron chi connectivity index (χ2n) is 11.7. The zero-order valence-electron chi connectivity index (χ0n) is 22.4. The van der Waals surface area contributed by atoms with Gasteiger partial charge in [-0.05, 0) is 98.2 Å². The van der Waals surface area contributed by atoms with Gasteiger partial charge in [-0.2, -0.15) is 26.3 Å². The lowest BCUT2D eigenvalue weighted by Crippen LogP contribution is -2.50. The number of aliphatic carboxylic acids is 1. The van der Waals surface area contributed by atoms with Gasteiger partial charge in [0.05, 0.1) is 17.0 Å². The smallest absolute Gasteiger partial charge is 0.416 e. The molecule has 0 radical (unpaired) electrons. The third-order valence-corrected chi connectivity index (χ3v) is 9.10. The largest absolute Gasteiger partial charge is 0.487 e. The molecule has 40 heavy (non-hydrogen) atoms. The molecule has 0 amide bonds. The van der Waals surface area contributed by atoms with Crippen molar-refractivity contribution in [1.29, 1.82) is 0 Å². The Labute approximate surface area is 229 Å². The lowest BCUT2D eigenvalue weighted by atomic mass is 9.80. The quantitative estimate of drug-likeness (QED) is 0.360. The molecule has 2 fully saturated rings. The molecular weight excluding hydrogens is 536 g/mol. The molecule has 10 heteroatoms. The third-order valence-electron chi connectivity index (χ3n) is 9.10. The summed E-state index contributed by atoms with van der Waals surface area (Å²) in [6.45, 7) is 4.02. The minimum absolute atomic E-state index is 0.0951. The number of ether oxygens (including phenoxy) is 1. The van der Waals surface area contributed by atoms with Crippen LogP contribution in [0.15, 0.2) is 36.4 Å². The van der Waals surface area contributed by atoms with Crippen molar-refractivity contribution in [2.45, 2.75) is 82.3 Å². The maximum Gasteiger partial charge on any atom is 0.416 e. The van der Waals surface area contributed by atoms with Crippen molar-refractivity contribution in [1.82, 2.24) is 4.90 Å². The number of likely N-dealkylation sites (tertiary alicyclic amines) is 1. The average Bonchev–Trinajstić information content (AvgIpc) is 3.72. The van der Waals surface area contributed by atoms with Crippen LogP contribution in [0.4, 0.5) is 26.3 Å². The summed E-state index contributed by atoms with van der Waals surface area (Å²) in [7, 11) is 0. The predicted octanol–water partition coefficient (Wildman–Crippen LogP) is 7.86. The second-order valence-corrected chi connectivity index (χ2v) is 11.7. The van der Waals surface area contributed by atoms with Crippen LogP contribution in [0.25, 0.3) is 0 Å². The maximum absolute atomic E-state index is 13.7. The lowest BCUT2D eigenvalue weighted by Gasteiger charge is -2.46. The molecule has 2 heterocycles. The number of carbonyl (C=O) groups is 1. The average molecular weight is 570 g/mol. The van der Waals surface area contributed by atoms with Crippen molar-refractivity contribution in [3.05, 3.63) is 64.2 Å². The normalized spacial score (nSPS) is 21.8. The van der Waals surface area contributed by atoms with Gasteiger partial charge >= 0.3 is 18.3 Å². The standard InChI is InChI=1S/C30H33F6NO3/c1-17(27(38)39)26(20-4-5-20)21-6-3-19-9-10-28(40-25(19)15-21)11-13-37(14-12-28)18(2)23-16-22(29(31,32)33)7-8-24(23)30(34,35)36/h3,6-8,15-18,20,26H,4-5,9-14H2,1-2H3,(H,38,39). The monoisotopic (exact) mass is 569 g/mol. The van der Waals surface area contributed by atoms with Crippen LogP contribution in [0.5, 0.6) is 5.75 Å². The van der Waals surface area contributed by atoms with Crippen molar-refractivity contribution in [2.75, 3.05) is 13.1 Å². The third kappa shape index (κ3) is 5.69. The summed E-state index contributed by atoms with van der Waals surface area (Å²) in [6, 6.07) is 6.74. The number of rotatable bonds is 6. The zero-order valence-corrected chi connectivity index (χ0v) is 22.4. The van der Waals surface area contributed by atoms with E-state index in [0.717, 1.165) is 42.6 Å². The van der Waals surface area contributed by atoms with Gasteiger partial charge in [0.2, 0.25) is 0 Å². The highest BCUT2D eigenvalue weighted by molar-refractivity contribution is 5.71. The molecule has 2 aromatic rings. The van der Waals surface area contributed by atoms with E-state index >= 15 is 0 Å². The van der Waals surface area contributed by atoms with Gasteiger partial charge in [-0.25, -0.2) is 0 Å². The molecule has 3 aliphatic rings. The number of fused-ring (bicyclic) bond motifs is 1. The number of nitrogens with zero attached hydrogens (tertiary/aromatic N) is 1. The van der Waals surface area contributed by atoms with Gasteiger partial charge < -0.3 is 9.84 Å². The van der Waals surface area contributed by atoms with Gasteiger partial charge in [0.1, 0.15) is 11.4 Å². The minimum Gasteiger partial charge on any atom is -0.487 e. The summed E-state index contributed by atoms with van der Waals surface area (Å²) in [6.07, 6.45) is -4.96. The summed E-state index contributed by atoms with van der Waals surface area (Å²) >= 11 is 0. The molecule has 1 N–H and O–H groups in total. The van der Waals surface area contributed by atoms with Gasteiger partial charge in [0.15, 0.2) is 0 Å². The number of benzene rings is 2. The summed E-state index contributed by atoms with van der Waals surface area (Å²) in [5.41, 5.74) is -1.05. The summed E-state index contributed by atoms with van der Waals surface area (Å²) in [4.78, 5) is 13.5. The van der Waals surface area contributed by atoms with Crippen molar-refractivity contribution >= 4 is 5.97 Å². The van der Waals surface area contributed by atoms with E-state index < -0.39 is 47.0 Å².